The van der Waals surface area contributed by atoms with E-state index in [9.17, 15) is 0 Å². The molecule has 0 amide bonds. The molecule has 116 valence electrons. The second kappa shape index (κ2) is 8.46. The number of nitrogens with zero attached hydrogens (tertiary/aromatic N) is 2. The molecule has 1 rings (SSSR count). The first-order valence-corrected chi connectivity index (χ1v) is 8.47. The van der Waals surface area contributed by atoms with E-state index >= 15 is 0 Å². The number of hydrogen-bond acceptors (Lipinski definition) is 2. The molecular formula is C17H33N3. The molecule has 0 saturated carbocycles. The highest BCUT2D eigenvalue weighted by molar-refractivity contribution is 5.31. The van der Waals surface area contributed by atoms with Gasteiger partial charge in [0.25, 0.3) is 0 Å². The maximum atomic E-state index is 4.92. The van der Waals surface area contributed by atoms with Gasteiger partial charge >= 0.3 is 0 Å². The molecule has 1 aromatic rings. The Morgan fingerprint density at radius 3 is 2.20 bits per heavy atom. The Balaban J connectivity index is 3.23. The number of aromatic nitrogens is 2. The van der Waals surface area contributed by atoms with E-state index in [1.807, 2.05) is 0 Å². The van der Waals surface area contributed by atoms with Crippen molar-refractivity contribution in [3.05, 3.63) is 17.0 Å². The molecule has 2 unspecified atom stereocenters. The highest BCUT2D eigenvalue weighted by Crippen LogP contribution is 2.28. The molecule has 0 aliphatic heterocycles. The molecular weight excluding hydrogens is 246 g/mol. The summed E-state index contributed by atoms with van der Waals surface area (Å²) in [5, 5.41) is 8.63. The molecule has 1 aromatic heterocycles. The van der Waals surface area contributed by atoms with Crippen LogP contribution in [0.3, 0.4) is 0 Å². The monoisotopic (exact) mass is 279 g/mol. The van der Waals surface area contributed by atoms with E-state index in [0.29, 0.717) is 12.1 Å². The lowest BCUT2D eigenvalue weighted by atomic mass is 9.98. The van der Waals surface area contributed by atoms with E-state index in [0.717, 1.165) is 32.2 Å². The molecule has 3 nitrogen and oxygen atoms in total. The fraction of sp³-hybridized carbons (Fsp3) is 0.824. The summed E-state index contributed by atoms with van der Waals surface area (Å²) in [7, 11) is 0. The minimum absolute atomic E-state index is 0.456. The van der Waals surface area contributed by atoms with E-state index in [4.69, 9.17) is 5.10 Å². The molecule has 0 aliphatic carbocycles. The topological polar surface area (TPSA) is 29.9 Å². The zero-order valence-corrected chi connectivity index (χ0v) is 14.3. The summed E-state index contributed by atoms with van der Waals surface area (Å²) in [6.45, 7) is 14.6. The SMILES string of the molecule is CCCNC(CC)c1c(CC)nn(C(C)CC)c1CC. The third-order valence-electron chi connectivity index (χ3n) is 4.20. The summed E-state index contributed by atoms with van der Waals surface area (Å²) in [5.41, 5.74) is 4.20. The lowest BCUT2D eigenvalue weighted by molar-refractivity contribution is 0.454. The van der Waals surface area contributed by atoms with Crippen LogP contribution in [-0.4, -0.2) is 16.3 Å². The van der Waals surface area contributed by atoms with E-state index < -0.39 is 0 Å². The largest absolute Gasteiger partial charge is 0.310 e. The molecule has 0 fully saturated rings. The molecule has 0 saturated heterocycles. The van der Waals surface area contributed by atoms with Gasteiger partial charge < -0.3 is 5.32 Å². The third-order valence-corrected chi connectivity index (χ3v) is 4.20. The van der Waals surface area contributed by atoms with Crippen LogP contribution in [0.15, 0.2) is 0 Å². The van der Waals surface area contributed by atoms with Crippen molar-refractivity contribution >= 4 is 0 Å². The molecule has 0 aliphatic rings. The number of nitrogens with one attached hydrogen (secondary N) is 1. The molecule has 0 spiro atoms. The Morgan fingerprint density at radius 1 is 1.05 bits per heavy atom. The standard InChI is InChI=1S/C17H33N3/c1-7-12-18-14(9-3)17-15(10-4)19-20(13(6)8-2)16(17)11-5/h13-14,18H,7-12H2,1-6H3. The average Bonchev–Trinajstić information content (AvgIpc) is 2.86. The van der Waals surface area contributed by atoms with E-state index in [2.05, 4.69) is 51.5 Å². The van der Waals surface area contributed by atoms with Crippen LogP contribution in [0.2, 0.25) is 0 Å². The summed E-state index contributed by atoms with van der Waals surface area (Å²) in [4.78, 5) is 0. The van der Waals surface area contributed by atoms with Gasteiger partial charge in [-0.3, -0.25) is 4.68 Å². The summed E-state index contributed by atoms with van der Waals surface area (Å²) >= 11 is 0. The van der Waals surface area contributed by atoms with E-state index in [-0.39, 0.29) is 0 Å². The molecule has 0 bridgehead atoms. The first kappa shape index (κ1) is 17.2. The summed E-state index contributed by atoms with van der Waals surface area (Å²) in [5.74, 6) is 0. The van der Waals surface area contributed by atoms with Gasteiger partial charge in [0.1, 0.15) is 0 Å². The summed E-state index contributed by atoms with van der Waals surface area (Å²) in [6.07, 6.45) is 5.54. The zero-order valence-electron chi connectivity index (χ0n) is 14.3. The average molecular weight is 279 g/mol. The van der Waals surface area contributed by atoms with Crippen molar-refractivity contribution < 1.29 is 0 Å². The van der Waals surface area contributed by atoms with Crippen LogP contribution in [0.1, 0.15) is 89.8 Å². The Bertz CT molecular complexity index is 395. The van der Waals surface area contributed by atoms with Crippen LogP contribution in [0.5, 0.6) is 0 Å². The van der Waals surface area contributed by atoms with Gasteiger partial charge in [0, 0.05) is 23.3 Å². The van der Waals surface area contributed by atoms with Crippen molar-refractivity contribution in [3.63, 3.8) is 0 Å². The van der Waals surface area contributed by atoms with Gasteiger partial charge in [-0.15, -0.1) is 0 Å². The second-order valence-corrected chi connectivity index (χ2v) is 5.63. The summed E-state index contributed by atoms with van der Waals surface area (Å²) in [6, 6.07) is 0.949. The maximum absolute atomic E-state index is 4.92. The van der Waals surface area contributed by atoms with Crippen LogP contribution in [0.25, 0.3) is 0 Å². The molecule has 2 atom stereocenters. The fourth-order valence-electron chi connectivity index (χ4n) is 2.86. The van der Waals surface area contributed by atoms with Gasteiger partial charge in [-0.1, -0.05) is 34.6 Å². The third kappa shape index (κ3) is 3.63. The molecule has 3 heteroatoms. The highest BCUT2D eigenvalue weighted by atomic mass is 15.3. The van der Waals surface area contributed by atoms with Crippen molar-refractivity contribution in [2.45, 2.75) is 85.7 Å². The minimum Gasteiger partial charge on any atom is -0.310 e. The van der Waals surface area contributed by atoms with Crippen LogP contribution in [-0.2, 0) is 12.8 Å². The van der Waals surface area contributed by atoms with Crippen molar-refractivity contribution in [3.8, 4) is 0 Å². The van der Waals surface area contributed by atoms with Crippen molar-refractivity contribution in [1.82, 2.24) is 15.1 Å². The van der Waals surface area contributed by atoms with Gasteiger partial charge in [-0.2, -0.15) is 5.10 Å². The van der Waals surface area contributed by atoms with Crippen LogP contribution in [0, 0.1) is 0 Å². The number of hydrogen-bond donors (Lipinski definition) is 1. The van der Waals surface area contributed by atoms with Gasteiger partial charge in [-0.25, -0.2) is 0 Å². The van der Waals surface area contributed by atoms with Gasteiger partial charge in [0.05, 0.1) is 5.69 Å². The van der Waals surface area contributed by atoms with Gasteiger partial charge in [-0.05, 0) is 45.6 Å². The Morgan fingerprint density at radius 2 is 1.75 bits per heavy atom. The lowest BCUT2D eigenvalue weighted by Gasteiger charge is -2.20. The van der Waals surface area contributed by atoms with Crippen molar-refractivity contribution in [1.29, 1.82) is 0 Å². The Hall–Kier alpha value is -0.830. The Kier molecular flexibility index (Phi) is 7.28. The predicted octanol–water partition coefficient (Wildman–Crippen LogP) is 4.43. The second-order valence-electron chi connectivity index (χ2n) is 5.63. The fourth-order valence-corrected chi connectivity index (χ4v) is 2.86. The summed E-state index contributed by atoms with van der Waals surface area (Å²) < 4.78 is 2.28. The maximum Gasteiger partial charge on any atom is 0.0672 e. The zero-order chi connectivity index (χ0) is 15.1. The number of rotatable bonds is 9. The molecule has 20 heavy (non-hydrogen) atoms. The number of aryl methyl sites for hydroxylation is 1. The molecule has 1 heterocycles. The molecule has 0 aromatic carbocycles. The first-order chi connectivity index (χ1) is 9.64. The quantitative estimate of drug-likeness (QED) is 0.724. The molecule has 1 N–H and O–H groups in total. The predicted molar refractivity (Wildman–Crippen MR) is 87.3 cm³/mol. The highest BCUT2D eigenvalue weighted by Gasteiger charge is 2.23. The Labute approximate surface area is 125 Å². The minimum atomic E-state index is 0.456. The van der Waals surface area contributed by atoms with Crippen LogP contribution in [0.4, 0.5) is 0 Å². The smallest absolute Gasteiger partial charge is 0.0672 e. The van der Waals surface area contributed by atoms with Crippen LogP contribution >= 0.6 is 0 Å². The van der Waals surface area contributed by atoms with Crippen molar-refractivity contribution in [2.75, 3.05) is 6.54 Å². The van der Waals surface area contributed by atoms with Crippen LogP contribution < -0.4 is 5.32 Å². The van der Waals surface area contributed by atoms with Gasteiger partial charge in [0.2, 0.25) is 0 Å². The first-order valence-electron chi connectivity index (χ1n) is 8.47. The lowest BCUT2D eigenvalue weighted by Crippen LogP contribution is -2.23. The normalized spacial score (nSPS) is 14.5. The van der Waals surface area contributed by atoms with E-state index in [1.54, 1.807) is 0 Å². The van der Waals surface area contributed by atoms with Crippen molar-refractivity contribution in [2.24, 2.45) is 0 Å². The van der Waals surface area contributed by atoms with Gasteiger partial charge in [0.15, 0.2) is 0 Å². The van der Waals surface area contributed by atoms with E-state index in [1.165, 1.54) is 23.4 Å². The molecule has 0 radical (unpaired) electrons.